The lowest BCUT2D eigenvalue weighted by Gasteiger charge is -2.42. The Bertz CT molecular complexity index is 3080. The van der Waals surface area contributed by atoms with Crippen LogP contribution in [0.2, 0.25) is 0 Å². The molecule has 1 aliphatic rings. The minimum atomic E-state index is 0.0788. The van der Waals surface area contributed by atoms with Crippen molar-refractivity contribution in [1.29, 1.82) is 0 Å². The molecule has 7 aromatic carbocycles. The lowest BCUT2D eigenvalue weighted by molar-refractivity contribution is 0.332. The van der Waals surface area contributed by atoms with E-state index >= 15 is 0 Å². The van der Waals surface area contributed by atoms with E-state index in [2.05, 4.69) is 170 Å². The van der Waals surface area contributed by atoms with Crippen molar-refractivity contribution in [2.75, 3.05) is 0 Å². The molecule has 0 unspecified atom stereocenters. The third kappa shape index (κ3) is 3.89. The van der Waals surface area contributed by atoms with Gasteiger partial charge < -0.3 is 13.6 Å². The van der Waals surface area contributed by atoms with Crippen LogP contribution < -0.4 is 0 Å². The zero-order valence-electron chi connectivity index (χ0n) is 29.4. The molecule has 0 saturated heterocycles. The Kier molecular flexibility index (Phi) is 5.64. The number of rotatable bonds is 2. The molecule has 0 N–H and O–H groups in total. The van der Waals surface area contributed by atoms with E-state index in [-0.39, 0.29) is 10.8 Å². The molecule has 0 amide bonds. The van der Waals surface area contributed by atoms with E-state index in [9.17, 15) is 0 Å². The molecule has 3 nitrogen and oxygen atoms in total. The van der Waals surface area contributed by atoms with Gasteiger partial charge in [-0.05, 0) is 100 Å². The van der Waals surface area contributed by atoms with E-state index in [4.69, 9.17) is 4.42 Å². The van der Waals surface area contributed by atoms with Crippen LogP contribution in [0.1, 0.15) is 51.7 Å². The molecular weight excluding hydrogens is 621 g/mol. The van der Waals surface area contributed by atoms with Gasteiger partial charge >= 0.3 is 0 Å². The lowest BCUT2D eigenvalue weighted by atomic mass is 9.63. The third-order valence-electron chi connectivity index (χ3n) is 12.2. The molecule has 0 radical (unpaired) electrons. The Labute approximate surface area is 296 Å². The number of aromatic nitrogens is 2. The van der Waals surface area contributed by atoms with E-state index in [1.807, 2.05) is 0 Å². The summed E-state index contributed by atoms with van der Waals surface area (Å²) in [6, 6.07) is 49.3. The van der Waals surface area contributed by atoms with Crippen molar-refractivity contribution < 1.29 is 4.42 Å². The second-order valence-corrected chi connectivity index (χ2v) is 16.0. The first-order valence-electron chi connectivity index (χ1n) is 18.2. The number of nitrogens with zero attached hydrogens (tertiary/aromatic N) is 2. The predicted octanol–water partition coefficient (Wildman–Crippen LogP) is 13.3. The first-order chi connectivity index (χ1) is 24.8. The number of hydrogen-bond acceptors (Lipinski definition) is 1. The first kappa shape index (κ1) is 29.0. The maximum absolute atomic E-state index is 6.74. The van der Waals surface area contributed by atoms with Gasteiger partial charge in [0.05, 0.1) is 27.8 Å². The lowest BCUT2D eigenvalue weighted by Crippen LogP contribution is -2.33. The van der Waals surface area contributed by atoms with Crippen LogP contribution in [-0.2, 0) is 10.8 Å². The van der Waals surface area contributed by atoms with Gasteiger partial charge in [-0.25, -0.2) is 0 Å². The van der Waals surface area contributed by atoms with Gasteiger partial charge in [0.15, 0.2) is 5.58 Å². The Balaban J connectivity index is 1.37. The zero-order chi connectivity index (χ0) is 34.2. The second-order valence-electron chi connectivity index (χ2n) is 16.0. The maximum Gasteiger partial charge on any atom is 0.159 e. The van der Waals surface area contributed by atoms with E-state index in [0.717, 1.165) is 33.3 Å². The van der Waals surface area contributed by atoms with E-state index in [1.165, 1.54) is 78.4 Å². The minimum Gasteiger partial charge on any atom is -0.454 e. The molecule has 0 fully saturated rings. The quantitative estimate of drug-likeness (QED) is 0.181. The molecule has 0 bridgehead atoms. The van der Waals surface area contributed by atoms with Crippen molar-refractivity contribution in [3.8, 4) is 11.4 Å². The molecule has 51 heavy (non-hydrogen) atoms. The summed E-state index contributed by atoms with van der Waals surface area (Å²) in [6.07, 6.45) is 2.35. The normalized spacial score (nSPS) is 15.6. The van der Waals surface area contributed by atoms with Crippen molar-refractivity contribution in [3.05, 3.63) is 145 Å². The molecule has 0 atom stereocenters. The van der Waals surface area contributed by atoms with Crippen molar-refractivity contribution in [3.63, 3.8) is 0 Å². The van der Waals surface area contributed by atoms with Gasteiger partial charge in [-0.3, -0.25) is 0 Å². The molecule has 0 spiro atoms. The monoisotopic (exact) mass is 658 g/mol. The molecule has 3 aromatic heterocycles. The van der Waals surface area contributed by atoms with Gasteiger partial charge in [-0.15, -0.1) is 0 Å². The van der Waals surface area contributed by atoms with Crippen molar-refractivity contribution in [1.82, 2.24) is 9.13 Å². The Hall–Kier alpha value is -5.80. The number of furan rings is 1. The fourth-order valence-electron chi connectivity index (χ4n) is 9.38. The molecule has 11 rings (SSSR count). The first-order valence-corrected chi connectivity index (χ1v) is 18.2. The summed E-state index contributed by atoms with van der Waals surface area (Å²) < 4.78 is 11.7. The van der Waals surface area contributed by atoms with Crippen molar-refractivity contribution in [2.24, 2.45) is 0 Å². The summed E-state index contributed by atoms with van der Waals surface area (Å²) in [5, 5.41) is 9.97. The molecule has 3 heteroatoms. The van der Waals surface area contributed by atoms with E-state index in [1.54, 1.807) is 0 Å². The topological polar surface area (TPSA) is 23.0 Å². The van der Waals surface area contributed by atoms with Crippen LogP contribution in [-0.4, -0.2) is 9.13 Å². The fraction of sp³-hybridized carbons (Fsp3) is 0.167. The summed E-state index contributed by atoms with van der Waals surface area (Å²) in [6.45, 7) is 9.71. The molecule has 0 aliphatic heterocycles. The van der Waals surface area contributed by atoms with Gasteiger partial charge in [0, 0.05) is 38.0 Å². The average Bonchev–Trinajstić information content (AvgIpc) is 3.80. The summed E-state index contributed by atoms with van der Waals surface area (Å²) in [7, 11) is 0. The second kappa shape index (κ2) is 9.92. The Morgan fingerprint density at radius 1 is 0.471 bits per heavy atom. The molecule has 10 aromatic rings. The predicted molar refractivity (Wildman–Crippen MR) is 215 cm³/mol. The Morgan fingerprint density at radius 3 is 1.94 bits per heavy atom. The number of hydrogen-bond donors (Lipinski definition) is 0. The molecule has 0 saturated carbocycles. The van der Waals surface area contributed by atoms with Crippen LogP contribution in [0.3, 0.4) is 0 Å². The minimum absolute atomic E-state index is 0.0788. The van der Waals surface area contributed by atoms with Gasteiger partial charge in [-0.1, -0.05) is 107 Å². The highest BCUT2D eigenvalue weighted by Crippen LogP contribution is 2.50. The largest absolute Gasteiger partial charge is 0.454 e. The van der Waals surface area contributed by atoms with Crippen LogP contribution >= 0.6 is 0 Å². The third-order valence-corrected chi connectivity index (χ3v) is 12.2. The van der Waals surface area contributed by atoms with Crippen molar-refractivity contribution >= 4 is 76.3 Å². The maximum atomic E-state index is 6.74. The van der Waals surface area contributed by atoms with Gasteiger partial charge in [0.1, 0.15) is 5.58 Å². The number of para-hydroxylation sites is 3. The van der Waals surface area contributed by atoms with Crippen molar-refractivity contribution in [2.45, 2.75) is 51.4 Å². The summed E-state index contributed by atoms with van der Waals surface area (Å²) in [5.74, 6) is 0. The zero-order valence-corrected chi connectivity index (χ0v) is 29.4. The van der Waals surface area contributed by atoms with Gasteiger partial charge in [0.25, 0.3) is 0 Å². The van der Waals surface area contributed by atoms with Crippen LogP contribution in [0.5, 0.6) is 0 Å². The molecule has 246 valence electrons. The molecular formula is C48H38N2O. The van der Waals surface area contributed by atoms with Crippen LogP contribution in [0.25, 0.3) is 87.7 Å². The van der Waals surface area contributed by atoms with Gasteiger partial charge in [-0.2, -0.15) is 0 Å². The fourth-order valence-corrected chi connectivity index (χ4v) is 9.38. The van der Waals surface area contributed by atoms with Gasteiger partial charge in [0.2, 0.25) is 0 Å². The van der Waals surface area contributed by atoms with Crippen LogP contribution in [0.15, 0.2) is 138 Å². The van der Waals surface area contributed by atoms with E-state index in [0.29, 0.717) is 0 Å². The Morgan fingerprint density at radius 2 is 1.12 bits per heavy atom. The number of fused-ring (bicyclic) bond motifs is 12. The van der Waals surface area contributed by atoms with Crippen LogP contribution in [0.4, 0.5) is 0 Å². The summed E-state index contributed by atoms with van der Waals surface area (Å²) in [4.78, 5) is 0. The van der Waals surface area contributed by atoms with E-state index < -0.39 is 0 Å². The molecule has 3 heterocycles. The SMILES string of the molecule is CC1(C)CCC(C)(C)c2cc3c(cc21)c1cc2c4c5ccccc5ccc4n(-c4ccccc4)c2cc1n3-c1cccc2c1oc1ccccc12. The summed E-state index contributed by atoms with van der Waals surface area (Å²) in [5.41, 5.74) is 12.0. The highest BCUT2D eigenvalue weighted by atomic mass is 16.3. The number of benzene rings is 7. The summed E-state index contributed by atoms with van der Waals surface area (Å²) >= 11 is 0. The highest BCUT2D eigenvalue weighted by Gasteiger charge is 2.38. The van der Waals surface area contributed by atoms with Crippen LogP contribution in [0, 0.1) is 0 Å². The molecule has 1 aliphatic carbocycles. The smallest absolute Gasteiger partial charge is 0.159 e. The highest BCUT2D eigenvalue weighted by molar-refractivity contribution is 6.25. The average molecular weight is 659 g/mol. The standard InChI is InChI=1S/C48H38N2O/c1-47(2)23-24-48(3,4)38-27-41-35(26-37(38)47)34-25-36-43(28-42(34)50(41)40-19-12-18-33-32-17-10-11-20-44(32)51-46(33)40)49(30-14-6-5-7-15-30)39-22-21-29-13-8-9-16-31(29)45(36)39/h5-22,25-28H,23-24H2,1-4H3.